The molecule has 4 heteroatoms. The molecule has 3 N–H and O–H groups in total. The second-order valence-electron chi connectivity index (χ2n) is 10.9. The molecule has 210 valence electrons. The van der Waals surface area contributed by atoms with Crippen LogP contribution in [-0.2, 0) is 0 Å². The third kappa shape index (κ3) is 25.3. The predicted octanol–water partition coefficient (Wildman–Crippen LogP) is 6.32. The Hall–Kier alpha value is 0.170. The van der Waals surface area contributed by atoms with Crippen molar-refractivity contribution in [2.75, 3.05) is 14.1 Å². The highest BCUT2D eigenvalue weighted by Crippen LogP contribution is 2.15. The van der Waals surface area contributed by atoms with Crippen LogP contribution in [0.2, 0.25) is 0 Å². The number of aliphatic hydroxyl groups excluding tert-OH is 1. The minimum atomic E-state index is -0.343. The Morgan fingerprint density at radius 3 is 0.912 bits per heavy atom. The highest BCUT2D eigenvalue weighted by Gasteiger charge is 2.29. The summed E-state index contributed by atoms with van der Waals surface area (Å²) in [5.74, 6) is 0. The second-order valence-corrected chi connectivity index (χ2v) is 10.9. The maximum Gasteiger partial charge on any atom is 0.191 e. The molecule has 0 aliphatic heterocycles. The first kappa shape index (κ1) is 38.7. The lowest BCUT2D eigenvalue weighted by atomic mass is 10.0. The number of nitrogens with two attached hydrogens (primary N) is 1. The van der Waals surface area contributed by atoms with Gasteiger partial charge >= 0.3 is 0 Å². The van der Waals surface area contributed by atoms with Crippen LogP contribution in [0.4, 0.5) is 0 Å². The zero-order chi connectivity index (χ0) is 25.2. The van der Waals surface area contributed by atoms with Crippen molar-refractivity contribution in [3.63, 3.8) is 0 Å². The fraction of sp³-hybridized carbons (Fsp3) is 1.00. The van der Waals surface area contributed by atoms with Gasteiger partial charge in [0.25, 0.3) is 0 Å². The highest BCUT2D eigenvalue weighted by atomic mass is 35.5. The highest BCUT2D eigenvalue weighted by molar-refractivity contribution is 4.50. The third-order valence-electron chi connectivity index (χ3n) is 7.36. The van der Waals surface area contributed by atoms with Gasteiger partial charge in [0.2, 0.25) is 0 Å². The molecule has 0 aromatic rings. The standard InChI is InChI=1S/C22H46.C8H21N2O.ClH/c1-3-5-7-9-11-13-15-17-19-21-22-20-18-16-14-12-10-8-6-4-2;1-5-7(9)10(3,4)8(11)6-2;/h3-22H2,1-2H3;7-8,11H,5-6,9H2,1-4H3;1H/q;+1;/p-1. The van der Waals surface area contributed by atoms with Crippen LogP contribution in [0.5, 0.6) is 0 Å². The number of aliphatic hydroxyl groups is 1. The van der Waals surface area contributed by atoms with Crippen molar-refractivity contribution >= 4 is 0 Å². The molecule has 0 amide bonds. The molecule has 2 atom stereocenters. The van der Waals surface area contributed by atoms with Crippen molar-refractivity contribution in [1.82, 2.24) is 0 Å². The Bertz CT molecular complexity index is 334. The van der Waals surface area contributed by atoms with Gasteiger partial charge in [0.1, 0.15) is 6.17 Å². The van der Waals surface area contributed by atoms with Gasteiger partial charge in [0, 0.05) is 12.8 Å². The van der Waals surface area contributed by atoms with E-state index >= 15 is 0 Å². The third-order valence-corrected chi connectivity index (χ3v) is 7.36. The first-order valence-electron chi connectivity index (χ1n) is 15.1. The topological polar surface area (TPSA) is 46.2 Å². The van der Waals surface area contributed by atoms with Crippen molar-refractivity contribution in [3.8, 4) is 0 Å². The van der Waals surface area contributed by atoms with E-state index < -0.39 is 0 Å². The molecule has 0 spiro atoms. The number of nitrogens with zero attached hydrogens (tertiary/aromatic N) is 1. The van der Waals surface area contributed by atoms with E-state index in [1.165, 1.54) is 128 Å². The summed E-state index contributed by atoms with van der Waals surface area (Å²) in [6.45, 7) is 8.60. The molecule has 0 aliphatic rings. The summed E-state index contributed by atoms with van der Waals surface area (Å²) < 4.78 is 0.493. The van der Waals surface area contributed by atoms with Gasteiger partial charge in [0.15, 0.2) is 6.23 Å². The van der Waals surface area contributed by atoms with Crippen molar-refractivity contribution in [2.24, 2.45) is 5.73 Å². The van der Waals surface area contributed by atoms with Gasteiger partial charge in [-0.2, -0.15) is 0 Å². The average Bonchev–Trinajstić information content (AvgIpc) is 2.82. The zero-order valence-corrected chi connectivity index (χ0v) is 25.3. The Morgan fingerprint density at radius 2 is 0.735 bits per heavy atom. The lowest BCUT2D eigenvalue weighted by Crippen LogP contribution is -3.00. The van der Waals surface area contributed by atoms with Gasteiger partial charge in [-0.15, -0.1) is 0 Å². The molecule has 0 aromatic heterocycles. The summed E-state index contributed by atoms with van der Waals surface area (Å²) in [4.78, 5) is 0. The van der Waals surface area contributed by atoms with E-state index in [1.807, 2.05) is 27.9 Å². The minimum absolute atomic E-state index is 0. The van der Waals surface area contributed by atoms with Crippen LogP contribution < -0.4 is 18.1 Å². The van der Waals surface area contributed by atoms with Crippen molar-refractivity contribution in [2.45, 2.75) is 181 Å². The Balaban J connectivity index is -0.000000677. The molecule has 0 aliphatic carbocycles. The molecule has 0 rings (SSSR count). The molecule has 0 saturated carbocycles. The predicted molar refractivity (Wildman–Crippen MR) is 150 cm³/mol. The van der Waals surface area contributed by atoms with E-state index in [2.05, 4.69) is 13.8 Å². The maximum absolute atomic E-state index is 9.58. The van der Waals surface area contributed by atoms with Crippen LogP contribution in [-0.4, -0.2) is 36.1 Å². The Morgan fingerprint density at radius 1 is 0.500 bits per heavy atom. The summed E-state index contributed by atoms with van der Waals surface area (Å²) >= 11 is 0. The van der Waals surface area contributed by atoms with E-state index in [9.17, 15) is 5.11 Å². The fourth-order valence-electron chi connectivity index (χ4n) is 4.49. The summed E-state index contributed by atoms with van der Waals surface area (Å²) in [5.41, 5.74) is 5.84. The molecule has 0 radical (unpaired) electrons. The smallest absolute Gasteiger partial charge is 0.191 e. The quantitative estimate of drug-likeness (QED) is 0.0967. The van der Waals surface area contributed by atoms with Gasteiger partial charge in [-0.3, -0.25) is 10.2 Å². The summed E-state index contributed by atoms with van der Waals surface area (Å²) in [6.07, 6.45) is 30.7. The van der Waals surface area contributed by atoms with E-state index in [4.69, 9.17) is 5.73 Å². The number of rotatable bonds is 23. The molecular formula is C30H67ClN2O. The Kier molecular flexibility index (Phi) is 33.5. The SMILES string of the molecule is CCC(N)[N+](C)(C)C(O)CC.CCCCCCCCCCCCCCCCCCCCCC.[Cl-]. The molecule has 3 nitrogen and oxygen atoms in total. The van der Waals surface area contributed by atoms with E-state index in [0.29, 0.717) is 4.48 Å². The number of unbranched alkanes of at least 4 members (excludes halogenated alkanes) is 19. The largest absolute Gasteiger partial charge is 1.00 e. The van der Waals surface area contributed by atoms with Gasteiger partial charge in [-0.25, -0.2) is 0 Å². The number of hydrogen-bond donors (Lipinski definition) is 2. The summed E-state index contributed by atoms with van der Waals surface area (Å²) in [6, 6.07) is 0. The van der Waals surface area contributed by atoms with Crippen molar-refractivity contribution in [1.29, 1.82) is 0 Å². The fourth-order valence-corrected chi connectivity index (χ4v) is 4.49. The average molecular weight is 507 g/mol. The molecular weight excluding hydrogens is 440 g/mol. The van der Waals surface area contributed by atoms with Crippen LogP contribution >= 0.6 is 0 Å². The number of hydrogen-bond acceptors (Lipinski definition) is 2. The van der Waals surface area contributed by atoms with Gasteiger partial charge in [-0.05, 0) is 0 Å². The van der Waals surface area contributed by atoms with Crippen LogP contribution in [0.3, 0.4) is 0 Å². The van der Waals surface area contributed by atoms with Gasteiger partial charge < -0.3 is 17.5 Å². The van der Waals surface area contributed by atoms with Crippen LogP contribution in [0.1, 0.15) is 169 Å². The minimum Gasteiger partial charge on any atom is -1.00 e. The molecule has 0 saturated heterocycles. The lowest BCUT2D eigenvalue weighted by Gasteiger charge is -2.38. The molecule has 0 heterocycles. The number of quaternary nitrogens is 1. The van der Waals surface area contributed by atoms with Crippen molar-refractivity contribution < 1.29 is 22.0 Å². The lowest BCUT2D eigenvalue weighted by molar-refractivity contribution is -0.959. The Labute approximate surface area is 223 Å². The monoisotopic (exact) mass is 506 g/mol. The molecule has 0 aromatic carbocycles. The van der Waals surface area contributed by atoms with Crippen molar-refractivity contribution in [3.05, 3.63) is 0 Å². The van der Waals surface area contributed by atoms with E-state index in [-0.39, 0.29) is 24.8 Å². The van der Waals surface area contributed by atoms with Gasteiger partial charge in [0.05, 0.1) is 14.1 Å². The summed E-state index contributed by atoms with van der Waals surface area (Å²) in [5, 5.41) is 9.58. The van der Waals surface area contributed by atoms with E-state index in [1.54, 1.807) is 0 Å². The molecule has 34 heavy (non-hydrogen) atoms. The second kappa shape index (κ2) is 29.4. The zero-order valence-electron chi connectivity index (χ0n) is 24.6. The van der Waals surface area contributed by atoms with Gasteiger partial charge in [-0.1, -0.05) is 156 Å². The van der Waals surface area contributed by atoms with E-state index in [0.717, 1.165) is 12.8 Å². The van der Waals surface area contributed by atoms with Crippen LogP contribution in [0.15, 0.2) is 0 Å². The van der Waals surface area contributed by atoms with Crippen LogP contribution in [0, 0.1) is 0 Å². The molecule has 0 bridgehead atoms. The first-order valence-corrected chi connectivity index (χ1v) is 15.1. The maximum atomic E-state index is 9.58. The first-order chi connectivity index (χ1) is 15.9. The summed E-state index contributed by atoms with van der Waals surface area (Å²) in [7, 11) is 3.92. The van der Waals surface area contributed by atoms with Crippen LogP contribution in [0.25, 0.3) is 0 Å². The molecule has 0 fully saturated rings. The number of halogens is 1. The normalized spacial score (nSPS) is 13.1. The molecule has 2 unspecified atom stereocenters.